The lowest BCUT2D eigenvalue weighted by molar-refractivity contribution is 0.256. The van der Waals surface area contributed by atoms with E-state index < -0.39 is 0 Å². The molecule has 2 fully saturated rings. The summed E-state index contributed by atoms with van der Waals surface area (Å²) < 4.78 is 5.26. The number of anilines is 2. The molecule has 4 aromatic heterocycles. The van der Waals surface area contributed by atoms with Crippen molar-refractivity contribution in [3.8, 4) is 0 Å². The largest absolute Gasteiger partial charge is 0.330 e. The van der Waals surface area contributed by atoms with Crippen LogP contribution >= 0.6 is 0 Å². The molecule has 154 valence electrons. The molecule has 0 aromatic carbocycles. The molecular formula is C21H24N8O. The van der Waals surface area contributed by atoms with Crippen molar-refractivity contribution in [2.24, 2.45) is 12.5 Å². The summed E-state index contributed by atoms with van der Waals surface area (Å²) in [4.78, 5) is 26.5. The van der Waals surface area contributed by atoms with Gasteiger partial charge in [-0.2, -0.15) is 10.1 Å². The molecule has 1 spiro atoms. The van der Waals surface area contributed by atoms with Crippen molar-refractivity contribution in [3.63, 3.8) is 0 Å². The fourth-order valence-corrected chi connectivity index (χ4v) is 4.88. The molecule has 9 heteroatoms. The zero-order valence-electron chi connectivity index (χ0n) is 17.2. The number of hydrogen-bond donors (Lipinski definition) is 1. The smallest absolute Gasteiger partial charge is 0.323 e. The van der Waals surface area contributed by atoms with E-state index in [-0.39, 0.29) is 11.7 Å². The van der Waals surface area contributed by atoms with Gasteiger partial charge in [0.1, 0.15) is 11.8 Å². The fourth-order valence-electron chi connectivity index (χ4n) is 4.88. The highest BCUT2D eigenvalue weighted by molar-refractivity contribution is 5.73. The molecular weight excluding hydrogens is 380 g/mol. The number of aryl methyl sites for hydroxylation is 2. The first-order chi connectivity index (χ1) is 14.5. The number of nitrogens with zero attached hydrogens (tertiary/aromatic N) is 7. The quantitative estimate of drug-likeness (QED) is 0.564. The summed E-state index contributed by atoms with van der Waals surface area (Å²) in [5.74, 6) is 0.471. The van der Waals surface area contributed by atoms with Gasteiger partial charge in [0.05, 0.1) is 18.1 Å². The number of rotatable bonds is 3. The van der Waals surface area contributed by atoms with E-state index in [1.807, 2.05) is 23.8 Å². The van der Waals surface area contributed by atoms with Crippen LogP contribution in [0.5, 0.6) is 0 Å². The van der Waals surface area contributed by atoms with Gasteiger partial charge in [-0.25, -0.2) is 19.3 Å². The van der Waals surface area contributed by atoms with Crippen LogP contribution in [0.2, 0.25) is 0 Å². The minimum atomic E-state index is -0.00610. The summed E-state index contributed by atoms with van der Waals surface area (Å²) in [7, 11) is 1.80. The molecule has 0 atom stereocenters. The van der Waals surface area contributed by atoms with Gasteiger partial charge in [0.15, 0.2) is 11.3 Å². The first-order valence-corrected chi connectivity index (χ1v) is 10.5. The molecule has 0 saturated heterocycles. The Kier molecular flexibility index (Phi) is 3.60. The standard InChI is InChI=1S/C21H24N8O/c1-13-9-17-23-12-24-28(17)11-15(13)25-19-22-10-16-18(26-19)29(20(30)27(16)2)14-3-5-21(6-4-14)7-8-21/h9-12,14H,3-8H2,1-2H3,(H,22,25,26). The van der Waals surface area contributed by atoms with Gasteiger partial charge in [-0.3, -0.25) is 9.13 Å². The summed E-state index contributed by atoms with van der Waals surface area (Å²) in [6, 6.07) is 2.17. The number of fused-ring (bicyclic) bond motifs is 2. The molecule has 4 heterocycles. The molecule has 0 amide bonds. The third kappa shape index (κ3) is 2.64. The van der Waals surface area contributed by atoms with Crippen molar-refractivity contribution in [1.29, 1.82) is 0 Å². The van der Waals surface area contributed by atoms with E-state index >= 15 is 0 Å². The van der Waals surface area contributed by atoms with Gasteiger partial charge in [0.2, 0.25) is 5.95 Å². The lowest BCUT2D eigenvalue weighted by Gasteiger charge is -2.28. The molecule has 2 saturated carbocycles. The van der Waals surface area contributed by atoms with Crippen LogP contribution in [0, 0.1) is 12.3 Å². The van der Waals surface area contributed by atoms with E-state index in [2.05, 4.69) is 20.4 Å². The van der Waals surface area contributed by atoms with E-state index in [1.165, 1.54) is 32.0 Å². The Morgan fingerprint density at radius 2 is 1.97 bits per heavy atom. The van der Waals surface area contributed by atoms with Crippen LogP contribution in [0.15, 0.2) is 29.6 Å². The van der Waals surface area contributed by atoms with Gasteiger partial charge in [0, 0.05) is 13.1 Å². The molecule has 6 rings (SSSR count). The highest BCUT2D eigenvalue weighted by atomic mass is 16.1. The van der Waals surface area contributed by atoms with Crippen LogP contribution in [0.25, 0.3) is 16.8 Å². The lowest BCUT2D eigenvalue weighted by Crippen LogP contribution is -2.29. The molecule has 9 nitrogen and oxygen atoms in total. The maximum absolute atomic E-state index is 13.0. The van der Waals surface area contributed by atoms with Gasteiger partial charge in [-0.05, 0) is 62.5 Å². The van der Waals surface area contributed by atoms with Gasteiger partial charge in [-0.15, -0.1) is 0 Å². The zero-order chi connectivity index (χ0) is 20.5. The minimum absolute atomic E-state index is 0.00610. The van der Waals surface area contributed by atoms with Crippen LogP contribution in [0.1, 0.15) is 50.1 Å². The van der Waals surface area contributed by atoms with E-state index in [0.717, 1.165) is 35.3 Å². The van der Waals surface area contributed by atoms with Crippen molar-refractivity contribution in [3.05, 3.63) is 40.8 Å². The Hall–Kier alpha value is -3.23. The lowest BCUT2D eigenvalue weighted by atomic mass is 9.83. The third-order valence-electron chi connectivity index (χ3n) is 7.04. The Labute approximate surface area is 172 Å². The molecule has 30 heavy (non-hydrogen) atoms. The van der Waals surface area contributed by atoms with Gasteiger partial charge >= 0.3 is 5.69 Å². The summed E-state index contributed by atoms with van der Waals surface area (Å²) in [5.41, 5.74) is 4.71. The number of aromatic nitrogens is 7. The predicted octanol–water partition coefficient (Wildman–Crippen LogP) is 3.12. The second-order valence-electron chi connectivity index (χ2n) is 8.90. The maximum Gasteiger partial charge on any atom is 0.330 e. The molecule has 4 aromatic rings. The summed E-state index contributed by atoms with van der Waals surface area (Å²) >= 11 is 0. The molecule has 1 N–H and O–H groups in total. The highest BCUT2D eigenvalue weighted by Crippen LogP contribution is 2.57. The number of pyridine rings is 1. The molecule has 2 aliphatic carbocycles. The predicted molar refractivity (Wildman–Crippen MR) is 113 cm³/mol. The van der Waals surface area contributed by atoms with Crippen LogP contribution in [-0.4, -0.2) is 33.7 Å². The number of hydrogen-bond acceptors (Lipinski definition) is 6. The zero-order valence-corrected chi connectivity index (χ0v) is 17.2. The Morgan fingerprint density at radius 3 is 2.73 bits per heavy atom. The topological polar surface area (TPSA) is 94.9 Å². The van der Waals surface area contributed by atoms with E-state index in [4.69, 9.17) is 4.98 Å². The minimum Gasteiger partial charge on any atom is -0.323 e. The normalized spacial score (nSPS) is 18.5. The Morgan fingerprint density at radius 1 is 1.17 bits per heavy atom. The molecule has 2 aliphatic rings. The SMILES string of the molecule is Cc1cc2ncnn2cc1Nc1ncc2c(n1)n(C1CCC3(CC1)CC3)c(=O)n2C. The second-order valence-corrected chi connectivity index (χ2v) is 8.90. The monoisotopic (exact) mass is 404 g/mol. The molecule has 0 aliphatic heterocycles. The van der Waals surface area contributed by atoms with Crippen LogP contribution in [-0.2, 0) is 7.05 Å². The number of nitrogens with one attached hydrogen (secondary N) is 1. The van der Waals surface area contributed by atoms with E-state index in [1.54, 1.807) is 22.3 Å². The van der Waals surface area contributed by atoms with Crippen molar-refractivity contribution >= 4 is 28.4 Å². The summed E-state index contributed by atoms with van der Waals surface area (Å²) in [5, 5.41) is 7.49. The average molecular weight is 404 g/mol. The maximum atomic E-state index is 13.0. The van der Waals surface area contributed by atoms with Gasteiger partial charge in [0.25, 0.3) is 0 Å². The van der Waals surface area contributed by atoms with E-state index in [9.17, 15) is 4.79 Å². The number of imidazole rings is 1. The van der Waals surface area contributed by atoms with Crippen molar-refractivity contribution < 1.29 is 0 Å². The molecule has 0 unspecified atom stereocenters. The van der Waals surface area contributed by atoms with Crippen molar-refractivity contribution in [2.45, 2.75) is 51.5 Å². The fraction of sp³-hybridized carbons (Fsp3) is 0.476. The van der Waals surface area contributed by atoms with Crippen LogP contribution < -0.4 is 11.0 Å². The Bertz CT molecular complexity index is 1330. The first-order valence-electron chi connectivity index (χ1n) is 10.5. The third-order valence-corrected chi connectivity index (χ3v) is 7.04. The van der Waals surface area contributed by atoms with Crippen molar-refractivity contribution in [2.75, 3.05) is 5.32 Å². The first kappa shape index (κ1) is 17.6. The summed E-state index contributed by atoms with van der Waals surface area (Å²) in [6.45, 7) is 2.00. The summed E-state index contributed by atoms with van der Waals surface area (Å²) in [6.07, 6.45) is 12.4. The molecule has 0 bridgehead atoms. The molecule has 0 radical (unpaired) electrons. The Balaban J connectivity index is 1.39. The van der Waals surface area contributed by atoms with Crippen molar-refractivity contribution in [1.82, 2.24) is 33.7 Å². The van der Waals surface area contributed by atoms with Crippen LogP contribution in [0.3, 0.4) is 0 Å². The van der Waals surface area contributed by atoms with Crippen LogP contribution in [0.4, 0.5) is 11.6 Å². The van der Waals surface area contributed by atoms with Gasteiger partial charge in [-0.1, -0.05) is 0 Å². The average Bonchev–Trinajstić information content (AvgIpc) is 3.26. The highest BCUT2D eigenvalue weighted by Gasteiger charge is 2.45. The van der Waals surface area contributed by atoms with E-state index in [0.29, 0.717) is 17.0 Å². The second kappa shape index (κ2) is 6.13. The van der Waals surface area contributed by atoms with Gasteiger partial charge < -0.3 is 5.32 Å².